The zero-order valence-corrected chi connectivity index (χ0v) is 9.21. The molecule has 0 saturated carbocycles. The van der Waals surface area contributed by atoms with Gasteiger partial charge < -0.3 is 9.47 Å². The van der Waals surface area contributed by atoms with Crippen molar-refractivity contribution in [2.75, 3.05) is 13.2 Å². The van der Waals surface area contributed by atoms with E-state index in [1.165, 1.54) is 0 Å². The molecule has 1 aliphatic rings. The molecule has 0 aromatic heterocycles. The van der Waals surface area contributed by atoms with Crippen LogP contribution < -0.4 is 4.74 Å². The lowest BCUT2D eigenvalue weighted by molar-refractivity contribution is -0.386. The van der Waals surface area contributed by atoms with Crippen molar-refractivity contribution in [3.8, 4) is 11.8 Å². The number of rotatable bonds is 3. The summed E-state index contributed by atoms with van der Waals surface area (Å²) in [5.41, 5.74) is -0.333. The van der Waals surface area contributed by atoms with E-state index in [1.807, 2.05) is 6.07 Å². The standard InChI is InChI=1S/C11H9FN2O4/c12-8-1-2-9(14(15)16)10(3-8)18-11-6-17-5-7(11)4-13/h1-3,7,11H,5-6H2. The van der Waals surface area contributed by atoms with Crippen LogP contribution >= 0.6 is 0 Å². The van der Waals surface area contributed by atoms with Crippen molar-refractivity contribution < 1.29 is 18.8 Å². The summed E-state index contributed by atoms with van der Waals surface area (Å²) in [7, 11) is 0. The van der Waals surface area contributed by atoms with E-state index in [1.54, 1.807) is 0 Å². The molecule has 0 N–H and O–H groups in total. The molecule has 1 aromatic rings. The minimum atomic E-state index is -0.661. The highest BCUT2D eigenvalue weighted by Crippen LogP contribution is 2.30. The maximum Gasteiger partial charge on any atom is 0.311 e. The van der Waals surface area contributed by atoms with Crippen molar-refractivity contribution in [1.29, 1.82) is 5.26 Å². The Morgan fingerprint density at radius 3 is 3.00 bits per heavy atom. The van der Waals surface area contributed by atoms with E-state index in [0.717, 1.165) is 18.2 Å². The first-order valence-electron chi connectivity index (χ1n) is 5.20. The van der Waals surface area contributed by atoms with Crippen molar-refractivity contribution in [3.63, 3.8) is 0 Å². The fourth-order valence-corrected chi connectivity index (χ4v) is 1.67. The highest BCUT2D eigenvalue weighted by atomic mass is 19.1. The van der Waals surface area contributed by atoms with E-state index >= 15 is 0 Å². The quantitative estimate of drug-likeness (QED) is 0.603. The summed E-state index contributed by atoms with van der Waals surface area (Å²) in [6.07, 6.45) is -0.615. The Labute approximate surface area is 102 Å². The average Bonchev–Trinajstić information content (AvgIpc) is 2.76. The summed E-state index contributed by atoms with van der Waals surface area (Å²) in [6, 6.07) is 4.93. The summed E-state index contributed by atoms with van der Waals surface area (Å²) in [5.74, 6) is -1.33. The molecule has 18 heavy (non-hydrogen) atoms. The number of hydrogen-bond donors (Lipinski definition) is 0. The van der Waals surface area contributed by atoms with Crippen LogP contribution in [0.3, 0.4) is 0 Å². The highest BCUT2D eigenvalue weighted by Gasteiger charge is 2.32. The minimum absolute atomic E-state index is 0.159. The van der Waals surface area contributed by atoms with E-state index in [4.69, 9.17) is 14.7 Å². The Hall–Kier alpha value is -2.20. The number of nitro benzene ring substituents is 1. The lowest BCUT2D eigenvalue weighted by atomic mass is 10.1. The van der Waals surface area contributed by atoms with Gasteiger partial charge >= 0.3 is 5.69 Å². The summed E-state index contributed by atoms with van der Waals surface area (Å²) < 4.78 is 23.4. The second kappa shape index (κ2) is 4.98. The lowest BCUT2D eigenvalue weighted by Gasteiger charge is -2.14. The second-order valence-corrected chi connectivity index (χ2v) is 3.80. The van der Waals surface area contributed by atoms with Gasteiger partial charge in [-0.15, -0.1) is 0 Å². The van der Waals surface area contributed by atoms with Crippen molar-refractivity contribution in [2.24, 2.45) is 5.92 Å². The maximum atomic E-state index is 13.1. The molecule has 1 heterocycles. The van der Waals surface area contributed by atoms with Gasteiger partial charge in [-0.3, -0.25) is 10.1 Å². The number of nitriles is 1. The molecule has 6 nitrogen and oxygen atoms in total. The van der Waals surface area contributed by atoms with Gasteiger partial charge in [-0.25, -0.2) is 4.39 Å². The van der Waals surface area contributed by atoms with E-state index < -0.39 is 22.8 Å². The van der Waals surface area contributed by atoms with Gasteiger partial charge in [-0.1, -0.05) is 0 Å². The number of ether oxygens (including phenoxy) is 2. The second-order valence-electron chi connectivity index (χ2n) is 3.80. The van der Waals surface area contributed by atoms with Crippen molar-refractivity contribution in [2.45, 2.75) is 6.10 Å². The van der Waals surface area contributed by atoms with Gasteiger partial charge in [0.2, 0.25) is 0 Å². The molecule has 0 aliphatic carbocycles. The smallest absolute Gasteiger partial charge is 0.311 e. The van der Waals surface area contributed by atoms with Crippen LogP contribution in [0.25, 0.3) is 0 Å². The summed E-state index contributed by atoms with van der Waals surface area (Å²) in [4.78, 5) is 10.1. The molecule has 1 saturated heterocycles. The van der Waals surface area contributed by atoms with Crippen LogP contribution in [0.4, 0.5) is 10.1 Å². The molecule has 0 bridgehead atoms. The normalized spacial score (nSPS) is 22.4. The van der Waals surface area contributed by atoms with Gasteiger partial charge in [0.25, 0.3) is 0 Å². The molecular weight excluding hydrogens is 243 g/mol. The Bertz CT molecular complexity index is 514. The summed E-state index contributed by atoms with van der Waals surface area (Å²) >= 11 is 0. The average molecular weight is 252 g/mol. The number of nitrogens with zero attached hydrogens (tertiary/aromatic N) is 2. The molecule has 2 rings (SSSR count). The van der Waals surface area contributed by atoms with Crippen molar-refractivity contribution in [3.05, 3.63) is 34.1 Å². The third-order valence-electron chi connectivity index (χ3n) is 2.59. The molecule has 2 atom stereocenters. The third-order valence-corrected chi connectivity index (χ3v) is 2.59. The number of halogens is 1. The van der Waals surface area contributed by atoms with Gasteiger partial charge in [0, 0.05) is 12.1 Å². The molecule has 0 amide bonds. The first-order valence-corrected chi connectivity index (χ1v) is 5.20. The van der Waals surface area contributed by atoms with Gasteiger partial charge in [-0.2, -0.15) is 5.26 Å². The Morgan fingerprint density at radius 2 is 2.33 bits per heavy atom. The topological polar surface area (TPSA) is 85.4 Å². The van der Waals surface area contributed by atoms with Crippen LogP contribution in [0.5, 0.6) is 5.75 Å². The fraction of sp³-hybridized carbons (Fsp3) is 0.364. The van der Waals surface area contributed by atoms with Gasteiger partial charge in [0.1, 0.15) is 17.8 Å². The molecular formula is C11H9FN2O4. The van der Waals surface area contributed by atoms with Crippen LogP contribution in [0, 0.1) is 33.2 Å². The van der Waals surface area contributed by atoms with Crippen LogP contribution in [0.1, 0.15) is 0 Å². The zero-order valence-electron chi connectivity index (χ0n) is 9.21. The van der Waals surface area contributed by atoms with Crippen LogP contribution in [-0.4, -0.2) is 24.2 Å². The Morgan fingerprint density at radius 1 is 1.56 bits per heavy atom. The number of hydrogen-bond acceptors (Lipinski definition) is 5. The molecule has 1 fully saturated rings. The largest absolute Gasteiger partial charge is 0.479 e. The molecule has 0 radical (unpaired) electrons. The first-order chi connectivity index (χ1) is 8.61. The predicted octanol–water partition coefficient (Wildman–Crippen LogP) is 1.65. The number of nitro groups is 1. The minimum Gasteiger partial charge on any atom is -0.479 e. The number of benzene rings is 1. The third kappa shape index (κ3) is 2.38. The SMILES string of the molecule is N#CC1COCC1Oc1cc(F)ccc1[N+](=O)[O-]. The van der Waals surface area contributed by atoms with Gasteiger partial charge in [-0.05, 0) is 6.07 Å². The molecule has 0 spiro atoms. The van der Waals surface area contributed by atoms with E-state index in [-0.39, 0.29) is 24.7 Å². The van der Waals surface area contributed by atoms with Crippen LogP contribution in [-0.2, 0) is 4.74 Å². The van der Waals surface area contributed by atoms with Crippen LogP contribution in [0.15, 0.2) is 18.2 Å². The van der Waals surface area contributed by atoms with Gasteiger partial charge in [0.15, 0.2) is 5.75 Å². The van der Waals surface area contributed by atoms with E-state index in [0.29, 0.717) is 0 Å². The molecule has 1 aliphatic heterocycles. The monoisotopic (exact) mass is 252 g/mol. The predicted molar refractivity (Wildman–Crippen MR) is 57.4 cm³/mol. The van der Waals surface area contributed by atoms with Gasteiger partial charge in [0.05, 0.1) is 24.2 Å². The fourth-order valence-electron chi connectivity index (χ4n) is 1.67. The molecule has 94 valence electrons. The Kier molecular flexibility index (Phi) is 3.39. The molecule has 1 aromatic carbocycles. The molecule has 7 heteroatoms. The molecule has 2 unspecified atom stereocenters. The summed E-state index contributed by atoms with van der Waals surface area (Å²) in [6.45, 7) is 0.371. The Balaban J connectivity index is 2.25. The first kappa shape index (κ1) is 12.3. The van der Waals surface area contributed by atoms with E-state index in [2.05, 4.69) is 0 Å². The van der Waals surface area contributed by atoms with Crippen molar-refractivity contribution in [1.82, 2.24) is 0 Å². The maximum absolute atomic E-state index is 13.1. The summed E-state index contributed by atoms with van der Waals surface area (Å²) in [5, 5.41) is 19.6. The highest BCUT2D eigenvalue weighted by molar-refractivity contribution is 5.46. The van der Waals surface area contributed by atoms with E-state index in [9.17, 15) is 14.5 Å². The zero-order chi connectivity index (χ0) is 13.1. The van der Waals surface area contributed by atoms with Crippen LogP contribution in [0.2, 0.25) is 0 Å². The van der Waals surface area contributed by atoms with Crippen molar-refractivity contribution >= 4 is 5.69 Å². The lowest BCUT2D eigenvalue weighted by Crippen LogP contribution is -2.24.